The molecule has 0 aliphatic heterocycles. The number of hydrogen-bond donors (Lipinski definition) is 1. The number of carboxylic acid groups (broad SMARTS) is 1. The predicted molar refractivity (Wildman–Crippen MR) is 118 cm³/mol. The number of nitrogens with zero attached hydrogens (tertiary/aromatic N) is 2. The average Bonchev–Trinajstić information content (AvgIpc) is 2.75. The summed E-state index contributed by atoms with van der Waals surface area (Å²) in [5.41, 5.74) is 2.10. The van der Waals surface area contributed by atoms with Gasteiger partial charge >= 0.3 is 12.0 Å². The first-order valence-corrected chi connectivity index (χ1v) is 10.3. The average molecular weight is 421 g/mol. The third kappa shape index (κ3) is 5.89. The minimum absolute atomic E-state index is 0.0277. The molecule has 0 spiro atoms. The van der Waals surface area contributed by atoms with Crippen LogP contribution in [0.2, 0.25) is 0 Å². The quantitative estimate of drug-likeness (QED) is 0.487. The molecule has 0 amide bonds. The maximum atomic E-state index is 12.3. The molecule has 2 atom stereocenters. The van der Waals surface area contributed by atoms with Crippen molar-refractivity contribution in [3.05, 3.63) is 89.2 Å². The molecular formula is C25H28N2O4. The molecule has 1 N–H and O–H groups in total. The lowest BCUT2D eigenvalue weighted by Crippen LogP contribution is -2.48. The molecule has 1 aromatic heterocycles. The van der Waals surface area contributed by atoms with Crippen LogP contribution < -0.4 is 4.74 Å². The highest BCUT2D eigenvalue weighted by Gasteiger charge is 2.44. The summed E-state index contributed by atoms with van der Waals surface area (Å²) in [6.07, 6.45) is 0.261. The fourth-order valence-corrected chi connectivity index (χ4v) is 3.53. The first kappa shape index (κ1) is 22.4. The number of hydrogen-bond acceptors (Lipinski definition) is 5. The third-order valence-corrected chi connectivity index (χ3v) is 5.11. The number of aliphatic carboxylic acids is 1. The largest absolute Gasteiger partial charge is 0.478 e. The molecule has 6 nitrogen and oxygen atoms in total. The second-order valence-corrected chi connectivity index (χ2v) is 7.68. The molecule has 0 bridgehead atoms. The van der Waals surface area contributed by atoms with Crippen LogP contribution in [-0.2, 0) is 21.6 Å². The predicted octanol–water partition coefficient (Wildman–Crippen LogP) is 4.49. The molecule has 0 saturated heterocycles. The minimum atomic E-state index is -1.33. The highest BCUT2D eigenvalue weighted by Crippen LogP contribution is 2.32. The second-order valence-electron chi connectivity index (χ2n) is 7.68. The van der Waals surface area contributed by atoms with Crippen LogP contribution in [-0.4, -0.2) is 33.8 Å². The van der Waals surface area contributed by atoms with Crippen LogP contribution in [0.3, 0.4) is 0 Å². The van der Waals surface area contributed by atoms with Gasteiger partial charge in [-0.1, -0.05) is 60.7 Å². The molecule has 0 aliphatic carbocycles. The summed E-state index contributed by atoms with van der Waals surface area (Å²) in [6.45, 7) is 5.75. The second kappa shape index (κ2) is 10.2. The number of benzene rings is 2. The van der Waals surface area contributed by atoms with Crippen molar-refractivity contribution in [3.8, 4) is 6.01 Å². The summed E-state index contributed by atoms with van der Waals surface area (Å²) >= 11 is 0. The van der Waals surface area contributed by atoms with Gasteiger partial charge in [0, 0.05) is 18.0 Å². The summed E-state index contributed by atoms with van der Waals surface area (Å²) in [5.74, 6) is -1.14. The van der Waals surface area contributed by atoms with E-state index in [1.807, 2.05) is 62.4 Å². The van der Waals surface area contributed by atoms with Gasteiger partial charge in [0.25, 0.3) is 0 Å². The molecule has 3 rings (SSSR count). The van der Waals surface area contributed by atoms with Gasteiger partial charge in [-0.25, -0.2) is 14.8 Å². The van der Waals surface area contributed by atoms with Gasteiger partial charge in [0.1, 0.15) is 5.60 Å². The SMILES string of the molecule is Cc1cc(C)nc(OC(C(=O)O)C(C)(OCCCc2ccccc2)c2ccccc2)n1. The topological polar surface area (TPSA) is 81.5 Å². The van der Waals surface area contributed by atoms with Gasteiger partial charge < -0.3 is 14.6 Å². The lowest BCUT2D eigenvalue weighted by atomic mass is 9.89. The van der Waals surface area contributed by atoms with E-state index in [0.717, 1.165) is 12.8 Å². The van der Waals surface area contributed by atoms with E-state index in [1.54, 1.807) is 13.0 Å². The lowest BCUT2D eigenvalue weighted by Gasteiger charge is -2.35. The van der Waals surface area contributed by atoms with Gasteiger partial charge in [0.2, 0.25) is 6.10 Å². The highest BCUT2D eigenvalue weighted by molar-refractivity contribution is 5.75. The molecule has 0 saturated carbocycles. The summed E-state index contributed by atoms with van der Waals surface area (Å²) < 4.78 is 12.1. The van der Waals surface area contributed by atoms with E-state index in [0.29, 0.717) is 23.6 Å². The number of carboxylic acids is 1. The molecule has 2 unspecified atom stereocenters. The monoisotopic (exact) mass is 420 g/mol. The lowest BCUT2D eigenvalue weighted by molar-refractivity contribution is -0.168. The molecule has 6 heteroatoms. The number of ether oxygens (including phenoxy) is 2. The number of aryl methyl sites for hydroxylation is 3. The van der Waals surface area contributed by atoms with E-state index in [2.05, 4.69) is 22.1 Å². The Balaban J connectivity index is 1.83. The Morgan fingerprint density at radius 1 is 1.00 bits per heavy atom. The number of carbonyl (C=O) groups is 1. The normalized spacial score (nSPS) is 13.9. The van der Waals surface area contributed by atoms with Crippen LogP contribution in [0.4, 0.5) is 0 Å². The Hall–Kier alpha value is -3.25. The molecule has 0 radical (unpaired) electrons. The summed E-state index contributed by atoms with van der Waals surface area (Å²) in [7, 11) is 0. The van der Waals surface area contributed by atoms with E-state index < -0.39 is 17.7 Å². The van der Waals surface area contributed by atoms with Gasteiger partial charge in [-0.15, -0.1) is 0 Å². The number of rotatable bonds is 10. The zero-order valence-electron chi connectivity index (χ0n) is 18.1. The molecule has 2 aromatic carbocycles. The first-order chi connectivity index (χ1) is 14.9. The van der Waals surface area contributed by atoms with Crippen LogP contribution in [0.5, 0.6) is 6.01 Å². The van der Waals surface area contributed by atoms with E-state index in [9.17, 15) is 9.90 Å². The molecule has 0 fully saturated rings. The Bertz CT molecular complexity index is 975. The van der Waals surface area contributed by atoms with Crippen molar-refractivity contribution in [2.45, 2.75) is 45.3 Å². The molecule has 0 aliphatic rings. The van der Waals surface area contributed by atoms with Crippen LogP contribution in [0.25, 0.3) is 0 Å². The molecule has 162 valence electrons. The Morgan fingerprint density at radius 2 is 1.58 bits per heavy atom. The van der Waals surface area contributed by atoms with E-state index in [1.165, 1.54) is 5.56 Å². The zero-order valence-corrected chi connectivity index (χ0v) is 18.1. The standard InChI is InChI=1S/C25H28N2O4/c1-18-17-19(2)27-24(26-18)31-22(23(28)29)25(3,21-14-8-5-9-15-21)30-16-10-13-20-11-6-4-7-12-20/h4-9,11-12,14-15,17,22H,10,13,16H2,1-3H3,(H,28,29). The van der Waals surface area contributed by atoms with Crippen LogP contribution in [0.1, 0.15) is 35.9 Å². The van der Waals surface area contributed by atoms with Gasteiger partial charge in [-0.3, -0.25) is 0 Å². The highest BCUT2D eigenvalue weighted by atomic mass is 16.6. The molecule has 3 aromatic rings. The van der Waals surface area contributed by atoms with Crippen molar-refractivity contribution in [1.29, 1.82) is 0 Å². The van der Waals surface area contributed by atoms with Gasteiger partial charge in [0.05, 0.1) is 0 Å². The minimum Gasteiger partial charge on any atom is -0.478 e. The Morgan fingerprint density at radius 3 is 2.16 bits per heavy atom. The van der Waals surface area contributed by atoms with Crippen LogP contribution in [0.15, 0.2) is 66.7 Å². The first-order valence-electron chi connectivity index (χ1n) is 10.3. The Kier molecular flexibility index (Phi) is 7.36. The van der Waals surface area contributed by atoms with E-state index in [4.69, 9.17) is 9.47 Å². The van der Waals surface area contributed by atoms with Gasteiger partial charge in [-0.05, 0) is 50.8 Å². The van der Waals surface area contributed by atoms with E-state index in [-0.39, 0.29) is 6.01 Å². The van der Waals surface area contributed by atoms with Gasteiger partial charge in [-0.2, -0.15) is 0 Å². The molecular weight excluding hydrogens is 392 g/mol. The summed E-state index contributed by atoms with van der Waals surface area (Å²) in [5, 5.41) is 10.0. The van der Waals surface area contributed by atoms with Crippen LogP contribution in [0, 0.1) is 13.8 Å². The summed E-state index contributed by atoms with van der Waals surface area (Å²) in [6, 6.07) is 21.2. The van der Waals surface area contributed by atoms with Gasteiger partial charge in [0.15, 0.2) is 0 Å². The van der Waals surface area contributed by atoms with E-state index >= 15 is 0 Å². The van der Waals surface area contributed by atoms with Crippen LogP contribution >= 0.6 is 0 Å². The van der Waals surface area contributed by atoms with Crippen molar-refractivity contribution < 1.29 is 19.4 Å². The van der Waals surface area contributed by atoms with Crippen molar-refractivity contribution in [3.63, 3.8) is 0 Å². The Labute approximate surface area is 182 Å². The maximum absolute atomic E-state index is 12.3. The fraction of sp³-hybridized carbons (Fsp3) is 0.320. The summed E-state index contributed by atoms with van der Waals surface area (Å²) in [4.78, 5) is 20.8. The fourth-order valence-electron chi connectivity index (χ4n) is 3.53. The van der Waals surface area contributed by atoms with Crippen molar-refractivity contribution in [1.82, 2.24) is 9.97 Å². The van der Waals surface area contributed by atoms with Crippen molar-refractivity contribution in [2.24, 2.45) is 0 Å². The number of aromatic nitrogens is 2. The molecule has 31 heavy (non-hydrogen) atoms. The molecule has 1 heterocycles. The van der Waals surface area contributed by atoms with Crippen molar-refractivity contribution in [2.75, 3.05) is 6.61 Å². The third-order valence-electron chi connectivity index (χ3n) is 5.11. The maximum Gasteiger partial charge on any atom is 0.348 e. The van der Waals surface area contributed by atoms with Crippen molar-refractivity contribution >= 4 is 5.97 Å². The smallest absolute Gasteiger partial charge is 0.348 e. The zero-order chi connectivity index (χ0) is 22.3.